The van der Waals surface area contributed by atoms with Gasteiger partial charge in [0.1, 0.15) is 0 Å². The summed E-state index contributed by atoms with van der Waals surface area (Å²) in [7, 11) is 0. The van der Waals surface area contributed by atoms with Gasteiger partial charge >= 0.3 is 0 Å². The van der Waals surface area contributed by atoms with Crippen molar-refractivity contribution in [3.8, 4) is 11.3 Å². The van der Waals surface area contributed by atoms with Crippen LogP contribution in [0.15, 0.2) is 40.9 Å². The average molecular weight is 333 g/mol. The molecule has 1 aromatic carbocycles. The highest BCUT2D eigenvalue weighted by Crippen LogP contribution is 2.27. The van der Waals surface area contributed by atoms with E-state index < -0.39 is 0 Å². The number of nitrogens with zero attached hydrogens (tertiary/aromatic N) is 3. The number of benzene rings is 1. The van der Waals surface area contributed by atoms with Crippen LogP contribution in [-0.2, 0) is 0 Å². The third-order valence-corrected chi connectivity index (χ3v) is 4.43. The Kier molecular flexibility index (Phi) is 3.98. The first-order chi connectivity index (χ1) is 9.78. The summed E-state index contributed by atoms with van der Waals surface area (Å²) in [6.45, 7) is 2.75. The summed E-state index contributed by atoms with van der Waals surface area (Å²) in [6, 6.07) is 12.1. The topological polar surface area (TPSA) is 55.0 Å². The van der Waals surface area contributed by atoms with E-state index in [-0.39, 0.29) is 0 Å². The van der Waals surface area contributed by atoms with E-state index in [4.69, 9.17) is 5.73 Å². The van der Waals surface area contributed by atoms with E-state index in [9.17, 15) is 0 Å². The second kappa shape index (κ2) is 5.89. The van der Waals surface area contributed by atoms with Gasteiger partial charge in [-0.15, -0.1) is 10.2 Å². The summed E-state index contributed by atoms with van der Waals surface area (Å²) in [5.74, 6) is 1.52. The third kappa shape index (κ3) is 2.69. The summed E-state index contributed by atoms with van der Waals surface area (Å²) in [4.78, 5) is 2.26. The molecule has 1 aliphatic rings. The van der Waals surface area contributed by atoms with Crippen molar-refractivity contribution in [1.82, 2.24) is 10.2 Å². The molecule has 1 fully saturated rings. The number of nitrogens with two attached hydrogens (primary N) is 1. The average Bonchev–Trinajstić information content (AvgIpc) is 2.97. The Morgan fingerprint density at radius 2 is 2.05 bits per heavy atom. The van der Waals surface area contributed by atoms with Crippen molar-refractivity contribution in [3.05, 3.63) is 40.9 Å². The Morgan fingerprint density at radius 1 is 1.20 bits per heavy atom. The van der Waals surface area contributed by atoms with Crippen LogP contribution < -0.4 is 10.6 Å². The Bertz CT molecular complexity index is 585. The Balaban J connectivity index is 1.80. The third-order valence-electron chi connectivity index (χ3n) is 3.74. The number of hydrogen-bond acceptors (Lipinski definition) is 4. The maximum Gasteiger partial charge on any atom is 0.151 e. The van der Waals surface area contributed by atoms with Crippen LogP contribution in [0.4, 0.5) is 5.82 Å². The zero-order chi connectivity index (χ0) is 13.9. The van der Waals surface area contributed by atoms with E-state index in [0.717, 1.165) is 47.6 Å². The number of rotatable bonds is 3. The van der Waals surface area contributed by atoms with E-state index in [0.29, 0.717) is 5.92 Å². The molecule has 1 unspecified atom stereocenters. The molecule has 104 valence electrons. The first-order valence-corrected chi connectivity index (χ1v) is 7.61. The molecule has 1 saturated heterocycles. The fraction of sp³-hybridized carbons (Fsp3) is 0.333. The molecule has 4 nitrogen and oxygen atoms in total. The molecular weight excluding hydrogens is 316 g/mol. The van der Waals surface area contributed by atoms with Crippen molar-refractivity contribution in [2.75, 3.05) is 24.5 Å². The SMILES string of the molecule is NCC1CCN(c2ccc(-c3ccccc3Br)nn2)C1. The molecule has 5 heteroatoms. The molecule has 1 aliphatic heterocycles. The minimum atomic E-state index is 0.583. The van der Waals surface area contributed by atoms with Gasteiger partial charge in [0.15, 0.2) is 5.82 Å². The van der Waals surface area contributed by atoms with E-state index in [1.54, 1.807) is 0 Å². The molecular formula is C15H17BrN4. The zero-order valence-corrected chi connectivity index (χ0v) is 12.8. The number of aromatic nitrogens is 2. The van der Waals surface area contributed by atoms with Crippen LogP contribution in [-0.4, -0.2) is 29.8 Å². The van der Waals surface area contributed by atoms with Gasteiger partial charge in [-0.05, 0) is 37.1 Å². The Morgan fingerprint density at radius 3 is 2.70 bits per heavy atom. The van der Waals surface area contributed by atoms with Gasteiger partial charge in [-0.2, -0.15) is 0 Å². The second-order valence-corrected chi connectivity index (χ2v) is 5.95. The molecule has 0 amide bonds. The highest BCUT2D eigenvalue weighted by atomic mass is 79.9. The molecule has 0 spiro atoms. The van der Waals surface area contributed by atoms with Crippen LogP contribution >= 0.6 is 15.9 Å². The van der Waals surface area contributed by atoms with Gasteiger partial charge in [0, 0.05) is 23.1 Å². The van der Waals surface area contributed by atoms with Crippen molar-refractivity contribution in [3.63, 3.8) is 0 Å². The monoisotopic (exact) mass is 332 g/mol. The first kappa shape index (κ1) is 13.5. The summed E-state index contributed by atoms with van der Waals surface area (Å²) < 4.78 is 1.03. The molecule has 3 rings (SSSR count). The van der Waals surface area contributed by atoms with E-state index >= 15 is 0 Å². The van der Waals surface area contributed by atoms with Crippen LogP contribution in [0.3, 0.4) is 0 Å². The molecule has 0 saturated carbocycles. The van der Waals surface area contributed by atoms with Crippen molar-refractivity contribution in [2.24, 2.45) is 11.7 Å². The lowest BCUT2D eigenvalue weighted by Gasteiger charge is -2.16. The number of hydrogen-bond donors (Lipinski definition) is 1. The number of halogens is 1. The van der Waals surface area contributed by atoms with Crippen LogP contribution in [0, 0.1) is 5.92 Å². The molecule has 1 aromatic heterocycles. The Hall–Kier alpha value is -1.46. The van der Waals surface area contributed by atoms with Gasteiger partial charge in [-0.1, -0.05) is 34.1 Å². The van der Waals surface area contributed by atoms with E-state index in [1.807, 2.05) is 36.4 Å². The molecule has 0 bridgehead atoms. The summed E-state index contributed by atoms with van der Waals surface area (Å²) in [5, 5.41) is 8.71. The quantitative estimate of drug-likeness (QED) is 0.938. The molecule has 1 atom stereocenters. The molecule has 0 radical (unpaired) electrons. The normalized spacial score (nSPS) is 18.5. The molecule has 20 heavy (non-hydrogen) atoms. The van der Waals surface area contributed by atoms with Gasteiger partial charge in [0.2, 0.25) is 0 Å². The molecule has 2 N–H and O–H groups in total. The minimum absolute atomic E-state index is 0.583. The highest BCUT2D eigenvalue weighted by Gasteiger charge is 2.22. The maximum atomic E-state index is 5.72. The van der Waals surface area contributed by atoms with Crippen molar-refractivity contribution in [1.29, 1.82) is 0 Å². The lowest BCUT2D eigenvalue weighted by Crippen LogP contribution is -2.23. The number of anilines is 1. The van der Waals surface area contributed by atoms with Gasteiger partial charge in [0.05, 0.1) is 5.69 Å². The highest BCUT2D eigenvalue weighted by molar-refractivity contribution is 9.10. The Labute approximate surface area is 127 Å². The lowest BCUT2D eigenvalue weighted by molar-refractivity contribution is 0.602. The summed E-state index contributed by atoms with van der Waals surface area (Å²) in [6.07, 6.45) is 1.14. The van der Waals surface area contributed by atoms with Gasteiger partial charge in [-0.3, -0.25) is 0 Å². The maximum absolute atomic E-state index is 5.72. The largest absolute Gasteiger partial charge is 0.355 e. The second-order valence-electron chi connectivity index (χ2n) is 5.09. The molecule has 2 heterocycles. The predicted molar refractivity (Wildman–Crippen MR) is 84.5 cm³/mol. The van der Waals surface area contributed by atoms with E-state index in [2.05, 4.69) is 31.0 Å². The van der Waals surface area contributed by atoms with Crippen LogP contribution in [0.2, 0.25) is 0 Å². The van der Waals surface area contributed by atoms with Crippen LogP contribution in [0.1, 0.15) is 6.42 Å². The zero-order valence-electron chi connectivity index (χ0n) is 11.2. The predicted octanol–water partition coefficient (Wildman–Crippen LogP) is 2.69. The minimum Gasteiger partial charge on any atom is -0.355 e. The van der Waals surface area contributed by atoms with Crippen LogP contribution in [0.25, 0.3) is 11.3 Å². The van der Waals surface area contributed by atoms with Crippen LogP contribution in [0.5, 0.6) is 0 Å². The molecule has 0 aliphatic carbocycles. The lowest BCUT2D eigenvalue weighted by atomic mass is 10.1. The fourth-order valence-electron chi connectivity index (χ4n) is 2.54. The van der Waals surface area contributed by atoms with Gasteiger partial charge in [0.25, 0.3) is 0 Å². The fourth-order valence-corrected chi connectivity index (χ4v) is 3.03. The summed E-state index contributed by atoms with van der Waals surface area (Å²) >= 11 is 3.54. The van der Waals surface area contributed by atoms with Gasteiger partial charge < -0.3 is 10.6 Å². The smallest absolute Gasteiger partial charge is 0.151 e. The molecule has 2 aromatic rings. The van der Waals surface area contributed by atoms with Crippen molar-refractivity contribution < 1.29 is 0 Å². The summed E-state index contributed by atoms with van der Waals surface area (Å²) in [5.41, 5.74) is 7.67. The van der Waals surface area contributed by atoms with Crippen molar-refractivity contribution >= 4 is 21.7 Å². The van der Waals surface area contributed by atoms with Crippen molar-refractivity contribution in [2.45, 2.75) is 6.42 Å². The van der Waals surface area contributed by atoms with Gasteiger partial charge in [-0.25, -0.2) is 0 Å². The standard InChI is InChI=1S/C15H17BrN4/c16-13-4-2-1-3-12(13)14-5-6-15(19-18-14)20-8-7-11(9-17)10-20/h1-6,11H,7-10,17H2. The van der Waals surface area contributed by atoms with E-state index in [1.165, 1.54) is 0 Å². The first-order valence-electron chi connectivity index (χ1n) is 6.81.